The molecule has 0 radical (unpaired) electrons. The number of amides is 2. The van der Waals surface area contributed by atoms with E-state index in [4.69, 9.17) is 9.88 Å². The van der Waals surface area contributed by atoms with Gasteiger partial charge in [0.1, 0.15) is 5.60 Å². The van der Waals surface area contributed by atoms with Gasteiger partial charge in [-0.1, -0.05) is 12.1 Å². The van der Waals surface area contributed by atoms with Crippen molar-refractivity contribution in [3.8, 4) is 0 Å². The number of hydrogen-bond donors (Lipinski definition) is 3. The summed E-state index contributed by atoms with van der Waals surface area (Å²) in [7, 11) is -3.71. The minimum atomic E-state index is -3.71. The van der Waals surface area contributed by atoms with Gasteiger partial charge in [-0.3, -0.25) is 4.79 Å². The molecular formula is C16H25N3O5S2. The van der Waals surface area contributed by atoms with Crippen molar-refractivity contribution >= 4 is 33.8 Å². The van der Waals surface area contributed by atoms with Gasteiger partial charge in [-0.15, -0.1) is 0 Å². The second kappa shape index (κ2) is 9.79. The third-order valence-corrected chi connectivity index (χ3v) is 4.78. The van der Waals surface area contributed by atoms with Gasteiger partial charge in [-0.05, 0) is 38.5 Å². The fourth-order valence-electron chi connectivity index (χ4n) is 1.75. The van der Waals surface area contributed by atoms with E-state index in [1.54, 1.807) is 32.9 Å². The number of alkyl carbamates (subject to hydrolysis) is 1. The van der Waals surface area contributed by atoms with Gasteiger partial charge < -0.3 is 15.4 Å². The van der Waals surface area contributed by atoms with Gasteiger partial charge in [-0.2, -0.15) is 11.8 Å². The van der Waals surface area contributed by atoms with Crippen LogP contribution >= 0.6 is 11.8 Å². The molecule has 8 nitrogen and oxygen atoms in total. The summed E-state index contributed by atoms with van der Waals surface area (Å²) >= 11 is 1.38. The summed E-state index contributed by atoms with van der Waals surface area (Å²) in [5.41, 5.74) is 0.228. The van der Waals surface area contributed by atoms with Crippen LogP contribution in [0.5, 0.6) is 0 Å². The molecule has 26 heavy (non-hydrogen) atoms. The number of primary sulfonamides is 1. The first-order valence-corrected chi connectivity index (χ1v) is 10.6. The van der Waals surface area contributed by atoms with E-state index in [2.05, 4.69) is 10.6 Å². The van der Waals surface area contributed by atoms with E-state index >= 15 is 0 Å². The lowest BCUT2D eigenvalue weighted by Crippen LogP contribution is -2.33. The summed E-state index contributed by atoms with van der Waals surface area (Å²) in [6.45, 7) is 6.05. The van der Waals surface area contributed by atoms with E-state index in [1.807, 2.05) is 0 Å². The zero-order valence-electron chi connectivity index (χ0n) is 15.1. The van der Waals surface area contributed by atoms with Crippen molar-refractivity contribution in [3.63, 3.8) is 0 Å². The average molecular weight is 404 g/mol. The van der Waals surface area contributed by atoms with Gasteiger partial charge in [0, 0.05) is 18.8 Å². The van der Waals surface area contributed by atoms with Crippen LogP contribution in [0.3, 0.4) is 0 Å². The molecule has 0 aliphatic carbocycles. The van der Waals surface area contributed by atoms with E-state index < -0.39 is 21.7 Å². The number of carbonyl (C=O) groups is 2. The van der Waals surface area contributed by atoms with Crippen LogP contribution in [0.4, 0.5) is 4.79 Å². The van der Waals surface area contributed by atoms with Gasteiger partial charge in [0.05, 0.1) is 10.6 Å². The highest BCUT2D eigenvalue weighted by molar-refractivity contribution is 7.99. The van der Waals surface area contributed by atoms with Gasteiger partial charge in [0.2, 0.25) is 15.9 Å². The summed E-state index contributed by atoms with van der Waals surface area (Å²) in [5.74, 6) is 0.684. The maximum absolute atomic E-state index is 11.8. The van der Waals surface area contributed by atoms with Crippen molar-refractivity contribution in [2.45, 2.75) is 37.8 Å². The molecule has 4 N–H and O–H groups in total. The maximum atomic E-state index is 11.8. The van der Waals surface area contributed by atoms with E-state index in [0.717, 1.165) is 5.56 Å². The molecule has 0 atom stereocenters. The van der Waals surface area contributed by atoms with Gasteiger partial charge in [0.25, 0.3) is 0 Å². The molecule has 0 spiro atoms. The lowest BCUT2D eigenvalue weighted by atomic mass is 10.2. The normalized spacial score (nSPS) is 11.7. The number of carbonyl (C=O) groups excluding carboxylic acids is 2. The minimum absolute atomic E-state index is 0.0284. The molecule has 2 amide bonds. The highest BCUT2D eigenvalue weighted by atomic mass is 32.2. The maximum Gasteiger partial charge on any atom is 0.407 e. The number of thioether (sulfide) groups is 1. The molecule has 0 fully saturated rings. The van der Waals surface area contributed by atoms with Crippen molar-refractivity contribution in [3.05, 3.63) is 29.8 Å². The molecule has 0 aromatic heterocycles. The van der Waals surface area contributed by atoms with Crippen LogP contribution in [0.1, 0.15) is 26.3 Å². The Bertz CT molecular complexity index is 712. The van der Waals surface area contributed by atoms with E-state index in [0.29, 0.717) is 18.8 Å². The monoisotopic (exact) mass is 403 g/mol. The van der Waals surface area contributed by atoms with Crippen molar-refractivity contribution in [1.29, 1.82) is 0 Å². The zero-order chi connectivity index (χ0) is 19.8. The highest BCUT2D eigenvalue weighted by Crippen LogP contribution is 2.09. The third kappa shape index (κ3) is 9.64. The van der Waals surface area contributed by atoms with E-state index in [-0.39, 0.29) is 16.6 Å². The van der Waals surface area contributed by atoms with Crippen LogP contribution < -0.4 is 15.8 Å². The first kappa shape index (κ1) is 22.3. The molecule has 0 bridgehead atoms. The molecule has 146 valence electrons. The Morgan fingerprint density at radius 3 is 2.31 bits per heavy atom. The summed E-state index contributed by atoms with van der Waals surface area (Å²) in [6.07, 6.45) is -0.481. The van der Waals surface area contributed by atoms with Crippen molar-refractivity contribution in [2.24, 2.45) is 5.14 Å². The van der Waals surface area contributed by atoms with Crippen molar-refractivity contribution in [2.75, 3.05) is 18.1 Å². The lowest BCUT2D eigenvalue weighted by Gasteiger charge is -2.19. The highest BCUT2D eigenvalue weighted by Gasteiger charge is 2.15. The molecule has 0 heterocycles. The average Bonchev–Trinajstić information content (AvgIpc) is 2.50. The Hall–Kier alpha value is -1.78. The molecule has 0 saturated carbocycles. The van der Waals surface area contributed by atoms with Crippen LogP contribution in [0, 0.1) is 0 Å². The molecule has 0 aliphatic heterocycles. The van der Waals surface area contributed by atoms with Gasteiger partial charge >= 0.3 is 6.09 Å². The number of hydrogen-bond acceptors (Lipinski definition) is 6. The smallest absolute Gasteiger partial charge is 0.407 e. The zero-order valence-corrected chi connectivity index (χ0v) is 16.7. The standard InChI is InChI=1S/C16H25N3O5S2/c1-16(2,3)24-15(21)18-8-9-25-11-14(20)19-10-12-4-6-13(7-5-12)26(17,22)23/h4-7H,8-11H2,1-3H3,(H,18,21)(H,19,20)(H2,17,22,23). The second-order valence-electron chi connectivity index (χ2n) is 6.45. The molecule has 1 aromatic rings. The topological polar surface area (TPSA) is 128 Å². The molecule has 0 aliphatic rings. The van der Waals surface area contributed by atoms with Gasteiger partial charge in [-0.25, -0.2) is 18.4 Å². The van der Waals surface area contributed by atoms with Crippen molar-refractivity contribution < 1.29 is 22.7 Å². The predicted octanol–water partition coefficient (Wildman–Crippen LogP) is 1.21. The first-order chi connectivity index (χ1) is 12.0. The van der Waals surface area contributed by atoms with E-state index in [9.17, 15) is 18.0 Å². The molecule has 0 saturated heterocycles. The predicted molar refractivity (Wildman–Crippen MR) is 101 cm³/mol. The summed E-state index contributed by atoms with van der Waals surface area (Å²) in [4.78, 5) is 23.2. The number of ether oxygens (including phenoxy) is 1. The van der Waals surface area contributed by atoms with Crippen molar-refractivity contribution in [1.82, 2.24) is 10.6 Å². The fourth-order valence-corrected chi connectivity index (χ4v) is 2.95. The summed E-state index contributed by atoms with van der Waals surface area (Å²) in [5, 5.41) is 10.4. The molecule has 0 unspecified atom stereocenters. The summed E-state index contributed by atoms with van der Waals surface area (Å²) < 4.78 is 27.4. The Morgan fingerprint density at radius 1 is 1.15 bits per heavy atom. The number of nitrogens with one attached hydrogen (secondary N) is 2. The number of sulfonamides is 1. The molecule has 1 aromatic carbocycles. The van der Waals surface area contributed by atoms with Crippen LogP contribution in [0.2, 0.25) is 0 Å². The van der Waals surface area contributed by atoms with Crippen LogP contribution in [0.15, 0.2) is 29.2 Å². The fraction of sp³-hybridized carbons (Fsp3) is 0.500. The van der Waals surface area contributed by atoms with E-state index in [1.165, 1.54) is 23.9 Å². The Kier molecular flexibility index (Phi) is 8.38. The van der Waals surface area contributed by atoms with Gasteiger partial charge in [0.15, 0.2) is 0 Å². The Morgan fingerprint density at radius 2 is 1.77 bits per heavy atom. The van der Waals surface area contributed by atoms with Crippen LogP contribution in [-0.2, 0) is 26.1 Å². The second-order valence-corrected chi connectivity index (χ2v) is 9.11. The third-order valence-electron chi connectivity index (χ3n) is 2.89. The number of benzene rings is 1. The largest absolute Gasteiger partial charge is 0.444 e. The molecule has 10 heteroatoms. The summed E-state index contributed by atoms with van der Waals surface area (Å²) in [6, 6.07) is 5.98. The minimum Gasteiger partial charge on any atom is -0.444 e. The van der Waals surface area contributed by atoms with Crippen LogP contribution in [-0.4, -0.2) is 44.1 Å². The Labute approximate surface area is 158 Å². The molecular weight excluding hydrogens is 378 g/mol. The molecule has 1 rings (SSSR count). The lowest BCUT2D eigenvalue weighted by molar-refractivity contribution is -0.118. The SMILES string of the molecule is CC(C)(C)OC(=O)NCCSCC(=O)NCc1ccc(S(N)(=O)=O)cc1. The first-order valence-electron chi connectivity index (χ1n) is 7.90. The number of rotatable bonds is 8. The quantitative estimate of drug-likeness (QED) is 0.560. The Balaban J connectivity index is 2.20. The van der Waals surface area contributed by atoms with Crippen LogP contribution in [0.25, 0.3) is 0 Å². The number of nitrogens with two attached hydrogens (primary N) is 1.